The lowest BCUT2D eigenvalue weighted by molar-refractivity contribution is 0.102. The Balaban J connectivity index is 1.72. The van der Waals surface area contributed by atoms with E-state index in [4.69, 9.17) is 5.26 Å². The van der Waals surface area contributed by atoms with Gasteiger partial charge in [0, 0.05) is 39.6 Å². The van der Waals surface area contributed by atoms with Crippen molar-refractivity contribution in [2.75, 3.05) is 5.32 Å². The van der Waals surface area contributed by atoms with Gasteiger partial charge in [-0.2, -0.15) is 5.26 Å². The monoisotopic (exact) mass is 339 g/mol. The third-order valence-corrected chi connectivity index (χ3v) is 4.62. The summed E-state index contributed by atoms with van der Waals surface area (Å²) in [5.41, 5.74) is 4.17. The number of aryl methyl sites for hydroxylation is 1. The maximum absolute atomic E-state index is 12.5. The maximum Gasteiger partial charge on any atom is 0.255 e. The molecule has 1 heterocycles. The van der Waals surface area contributed by atoms with E-state index in [2.05, 4.69) is 35.0 Å². The quantitative estimate of drug-likeness (QED) is 0.575. The second kappa shape index (κ2) is 6.38. The first-order chi connectivity index (χ1) is 12.7. The lowest BCUT2D eigenvalue weighted by Gasteiger charge is -2.07. The number of fused-ring (bicyclic) bond motifs is 3. The molecule has 4 nitrogen and oxygen atoms in total. The van der Waals surface area contributed by atoms with Crippen molar-refractivity contribution >= 4 is 33.4 Å². The molecule has 1 N–H and O–H groups in total. The van der Waals surface area contributed by atoms with Crippen LogP contribution in [0.1, 0.15) is 22.8 Å². The van der Waals surface area contributed by atoms with Crippen molar-refractivity contribution in [3.05, 3.63) is 77.9 Å². The molecule has 4 heteroatoms. The molecule has 4 aromatic rings. The Morgan fingerprint density at radius 3 is 2.46 bits per heavy atom. The van der Waals surface area contributed by atoms with Crippen molar-refractivity contribution in [1.82, 2.24) is 4.57 Å². The number of hydrogen-bond donors (Lipinski definition) is 1. The highest BCUT2D eigenvalue weighted by Crippen LogP contribution is 2.31. The van der Waals surface area contributed by atoms with Gasteiger partial charge in [0.25, 0.3) is 5.91 Å². The maximum atomic E-state index is 12.5. The van der Waals surface area contributed by atoms with Crippen molar-refractivity contribution in [1.29, 1.82) is 5.26 Å². The predicted molar refractivity (Wildman–Crippen MR) is 104 cm³/mol. The Morgan fingerprint density at radius 2 is 1.73 bits per heavy atom. The van der Waals surface area contributed by atoms with Crippen LogP contribution in [-0.2, 0) is 6.54 Å². The summed E-state index contributed by atoms with van der Waals surface area (Å²) in [6.45, 7) is 3.02. The summed E-state index contributed by atoms with van der Waals surface area (Å²) in [5, 5.41) is 14.1. The van der Waals surface area contributed by atoms with Gasteiger partial charge >= 0.3 is 0 Å². The summed E-state index contributed by atoms with van der Waals surface area (Å²) in [6, 6.07) is 23.0. The van der Waals surface area contributed by atoms with E-state index in [0.717, 1.165) is 23.1 Å². The van der Waals surface area contributed by atoms with Crippen LogP contribution in [0.15, 0.2) is 66.7 Å². The molecule has 1 amide bonds. The zero-order valence-electron chi connectivity index (χ0n) is 14.4. The highest BCUT2D eigenvalue weighted by Gasteiger charge is 2.11. The summed E-state index contributed by atoms with van der Waals surface area (Å²) < 4.78 is 2.27. The van der Waals surface area contributed by atoms with Crippen LogP contribution in [-0.4, -0.2) is 10.5 Å². The van der Waals surface area contributed by atoms with Crippen molar-refractivity contribution in [2.45, 2.75) is 13.5 Å². The van der Waals surface area contributed by atoms with E-state index >= 15 is 0 Å². The van der Waals surface area contributed by atoms with Crippen LogP contribution in [0.2, 0.25) is 0 Å². The molecule has 0 aliphatic heterocycles. The first-order valence-corrected chi connectivity index (χ1v) is 8.54. The molecule has 0 unspecified atom stereocenters. The average molecular weight is 339 g/mol. The fourth-order valence-electron chi connectivity index (χ4n) is 3.37. The van der Waals surface area contributed by atoms with Gasteiger partial charge in [0.1, 0.15) is 0 Å². The fourth-order valence-corrected chi connectivity index (χ4v) is 3.37. The molecule has 0 radical (unpaired) electrons. The predicted octanol–water partition coefficient (Wildman–Crippen LogP) is 4.94. The Labute approximate surface area is 151 Å². The minimum atomic E-state index is -0.187. The van der Waals surface area contributed by atoms with Crippen LogP contribution >= 0.6 is 0 Å². The second-order valence-corrected chi connectivity index (χ2v) is 6.14. The van der Waals surface area contributed by atoms with E-state index in [0.29, 0.717) is 11.1 Å². The molecule has 26 heavy (non-hydrogen) atoms. The Hall–Kier alpha value is -3.58. The molecule has 0 aliphatic carbocycles. The molecule has 0 saturated heterocycles. The number of benzene rings is 3. The topological polar surface area (TPSA) is 57.8 Å². The minimum absolute atomic E-state index is 0.187. The van der Waals surface area contributed by atoms with Crippen LogP contribution in [0.4, 0.5) is 5.69 Å². The van der Waals surface area contributed by atoms with Crippen molar-refractivity contribution in [3.63, 3.8) is 0 Å². The smallest absolute Gasteiger partial charge is 0.255 e. The van der Waals surface area contributed by atoms with Gasteiger partial charge in [-0.15, -0.1) is 0 Å². The van der Waals surface area contributed by atoms with Gasteiger partial charge in [0.05, 0.1) is 11.6 Å². The van der Waals surface area contributed by atoms with E-state index in [1.807, 2.05) is 30.3 Å². The lowest BCUT2D eigenvalue weighted by atomic mass is 10.1. The van der Waals surface area contributed by atoms with E-state index in [1.165, 1.54) is 10.9 Å². The molecule has 0 atom stereocenters. The van der Waals surface area contributed by atoms with E-state index in [-0.39, 0.29) is 5.91 Å². The molecule has 0 saturated carbocycles. The number of hydrogen-bond acceptors (Lipinski definition) is 2. The largest absolute Gasteiger partial charge is 0.341 e. The molecule has 1 aromatic heterocycles. The number of para-hydroxylation sites is 1. The number of carbonyl (C=O) groups is 1. The van der Waals surface area contributed by atoms with Crippen molar-refractivity contribution in [3.8, 4) is 6.07 Å². The molecule has 0 aliphatic rings. The third-order valence-electron chi connectivity index (χ3n) is 4.62. The van der Waals surface area contributed by atoms with Gasteiger partial charge < -0.3 is 9.88 Å². The zero-order valence-corrected chi connectivity index (χ0v) is 14.4. The van der Waals surface area contributed by atoms with E-state index in [1.54, 1.807) is 24.3 Å². The van der Waals surface area contributed by atoms with Crippen molar-refractivity contribution < 1.29 is 4.79 Å². The lowest BCUT2D eigenvalue weighted by Crippen LogP contribution is -2.11. The number of rotatable bonds is 3. The molecular weight excluding hydrogens is 322 g/mol. The van der Waals surface area contributed by atoms with Crippen LogP contribution in [0.25, 0.3) is 21.8 Å². The summed E-state index contributed by atoms with van der Waals surface area (Å²) >= 11 is 0. The standard InChI is InChI=1S/C22H17N3O/c1-2-25-20-6-4-3-5-18(20)19-13-17(11-12-21(19)25)24-22(26)16-9-7-15(14-23)8-10-16/h3-13H,2H2,1H3,(H,24,26). The first-order valence-electron chi connectivity index (χ1n) is 8.54. The Morgan fingerprint density at radius 1 is 1.00 bits per heavy atom. The van der Waals surface area contributed by atoms with Gasteiger partial charge in [0.2, 0.25) is 0 Å². The highest BCUT2D eigenvalue weighted by molar-refractivity contribution is 6.11. The average Bonchev–Trinajstić information content (AvgIpc) is 3.01. The molecular formula is C22H17N3O. The highest BCUT2D eigenvalue weighted by atomic mass is 16.1. The van der Waals surface area contributed by atoms with Gasteiger partial charge in [0.15, 0.2) is 0 Å². The van der Waals surface area contributed by atoms with Gasteiger partial charge in [-0.05, 0) is 55.5 Å². The number of anilines is 1. The van der Waals surface area contributed by atoms with E-state index < -0.39 is 0 Å². The van der Waals surface area contributed by atoms with Gasteiger partial charge in [-0.3, -0.25) is 4.79 Å². The van der Waals surface area contributed by atoms with Crippen LogP contribution in [0.5, 0.6) is 0 Å². The first kappa shape index (κ1) is 15.9. The number of aromatic nitrogens is 1. The van der Waals surface area contributed by atoms with Gasteiger partial charge in [-0.1, -0.05) is 18.2 Å². The summed E-state index contributed by atoms with van der Waals surface area (Å²) in [7, 11) is 0. The molecule has 126 valence electrons. The second-order valence-electron chi connectivity index (χ2n) is 6.14. The fraction of sp³-hybridized carbons (Fsp3) is 0.0909. The van der Waals surface area contributed by atoms with Crippen LogP contribution in [0, 0.1) is 11.3 Å². The molecule has 3 aromatic carbocycles. The normalized spacial score (nSPS) is 10.8. The number of nitrogens with zero attached hydrogens (tertiary/aromatic N) is 2. The SMILES string of the molecule is CCn1c2ccccc2c2cc(NC(=O)c3ccc(C#N)cc3)ccc21. The van der Waals surface area contributed by atoms with Crippen LogP contribution < -0.4 is 5.32 Å². The number of nitrogens with one attached hydrogen (secondary N) is 1. The van der Waals surface area contributed by atoms with Crippen LogP contribution in [0.3, 0.4) is 0 Å². The Kier molecular flexibility index (Phi) is 3.91. The van der Waals surface area contributed by atoms with Gasteiger partial charge in [-0.25, -0.2) is 0 Å². The summed E-state index contributed by atoms with van der Waals surface area (Å²) in [5.74, 6) is -0.187. The zero-order chi connectivity index (χ0) is 18.1. The number of amides is 1. The molecule has 0 spiro atoms. The molecule has 0 fully saturated rings. The summed E-state index contributed by atoms with van der Waals surface area (Å²) in [6.07, 6.45) is 0. The van der Waals surface area contributed by atoms with E-state index in [9.17, 15) is 4.79 Å². The number of nitriles is 1. The molecule has 4 rings (SSSR count). The third kappa shape index (κ3) is 2.60. The Bertz CT molecular complexity index is 1160. The minimum Gasteiger partial charge on any atom is -0.341 e. The van der Waals surface area contributed by atoms with Crippen molar-refractivity contribution in [2.24, 2.45) is 0 Å². The molecule has 0 bridgehead atoms. The number of carbonyl (C=O) groups excluding carboxylic acids is 1. The summed E-state index contributed by atoms with van der Waals surface area (Å²) in [4.78, 5) is 12.5.